The number of nitrogens with one attached hydrogen (secondary N) is 1. The Kier molecular flexibility index (Phi) is 3.97. The molecule has 21 heavy (non-hydrogen) atoms. The molecular weight excluding hydrogens is 288 g/mol. The number of aromatic nitrogens is 1. The summed E-state index contributed by atoms with van der Waals surface area (Å²) in [5.74, 6) is 0.828. The summed E-state index contributed by atoms with van der Waals surface area (Å²) in [6.45, 7) is 2.05. The van der Waals surface area contributed by atoms with Crippen molar-refractivity contribution in [2.75, 3.05) is 6.54 Å². The maximum atomic E-state index is 11.0. The molecule has 0 radical (unpaired) electrons. The molecule has 1 aliphatic carbocycles. The van der Waals surface area contributed by atoms with Gasteiger partial charge in [-0.3, -0.25) is 4.79 Å². The highest BCUT2D eigenvalue weighted by Gasteiger charge is 2.23. The first-order valence-electron chi connectivity index (χ1n) is 7.12. The number of ether oxygens (including phenoxy) is 1. The number of rotatable bonds is 5. The molecule has 5 heteroatoms. The average Bonchev–Trinajstić information content (AvgIpc) is 3.23. The first kappa shape index (κ1) is 14.1. The van der Waals surface area contributed by atoms with Gasteiger partial charge in [0.2, 0.25) is 5.91 Å². The summed E-state index contributed by atoms with van der Waals surface area (Å²) in [6.07, 6.45) is 3.27. The van der Waals surface area contributed by atoms with E-state index in [9.17, 15) is 4.79 Å². The van der Waals surface area contributed by atoms with E-state index in [0.717, 1.165) is 35.1 Å². The number of carbonyl (C=O) groups is 1. The quantitative estimate of drug-likeness (QED) is 0.864. The predicted molar refractivity (Wildman–Crippen MR) is 82.8 cm³/mol. The van der Waals surface area contributed by atoms with Gasteiger partial charge in [0.1, 0.15) is 10.9 Å². The zero-order valence-corrected chi connectivity index (χ0v) is 12.6. The molecule has 1 fully saturated rings. The van der Waals surface area contributed by atoms with Crippen molar-refractivity contribution in [2.45, 2.75) is 32.3 Å². The SMILES string of the molecule is CC(=O)NCCc1nc(Cl)cc2ccc(OC3CC3)cc12. The summed E-state index contributed by atoms with van der Waals surface area (Å²) >= 11 is 6.07. The number of nitrogens with zero attached hydrogens (tertiary/aromatic N) is 1. The van der Waals surface area contributed by atoms with Gasteiger partial charge in [-0.15, -0.1) is 0 Å². The van der Waals surface area contributed by atoms with Crippen LogP contribution in [0.1, 0.15) is 25.5 Å². The molecule has 1 heterocycles. The van der Waals surface area contributed by atoms with Gasteiger partial charge in [-0.25, -0.2) is 4.98 Å². The smallest absolute Gasteiger partial charge is 0.216 e. The van der Waals surface area contributed by atoms with Gasteiger partial charge in [0.25, 0.3) is 0 Å². The number of hydrogen-bond donors (Lipinski definition) is 1. The Hall–Kier alpha value is -1.81. The van der Waals surface area contributed by atoms with E-state index in [4.69, 9.17) is 16.3 Å². The maximum Gasteiger partial charge on any atom is 0.216 e. The monoisotopic (exact) mass is 304 g/mol. The van der Waals surface area contributed by atoms with E-state index < -0.39 is 0 Å². The van der Waals surface area contributed by atoms with Crippen molar-refractivity contribution < 1.29 is 9.53 Å². The second-order valence-corrected chi connectivity index (χ2v) is 5.71. The van der Waals surface area contributed by atoms with Crippen molar-refractivity contribution in [1.82, 2.24) is 10.3 Å². The molecule has 2 aromatic rings. The van der Waals surface area contributed by atoms with E-state index in [1.807, 2.05) is 24.3 Å². The van der Waals surface area contributed by atoms with E-state index in [0.29, 0.717) is 24.2 Å². The van der Waals surface area contributed by atoms with Gasteiger partial charge in [0.15, 0.2) is 0 Å². The first-order chi connectivity index (χ1) is 10.1. The topological polar surface area (TPSA) is 51.2 Å². The normalized spacial score (nSPS) is 14.2. The Morgan fingerprint density at radius 2 is 2.24 bits per heavy atom. The Morgan fingerprint density at radius 3 is 2.95 bits per heavy atom. The summed E-state index contributed by atoms with van der Waals surface area (Å²) in [4.78, 5) is 15.4. The van der Waals surface area contributed by atoms with E-state index >= 15 is 0 Å². The van der Waals surface area contributed by atoms with Gasteiger partial charge in [0.05, 0.1) is 11.8 Å². The molecule has 1 saturated carbocycles. The highest BCUT2D eigenvalue weighted by atomic mass is 35.5. The van der Waals surface area contributed by atoms with Crippen LogP contribution in [-0.4, -0.2) is 23.5 Å². The zero-order valence-electron chi connectivity index (χ0n) is 11.9. The minimum Gasteiger partial charge on any atom is -0.490 e. The number of benzene rings is 1. The van der Waals surface area contributed by atoms with Crippen LogP contribution in [0.4, 0.5) is 0 Å². The number of carbonyl (C=O) groups excluding carboxylic acids is 1. The average molecular weight is 305 g/mol. The van der Waals surface area contributed by atoms with Gasteiger partial charge in [-0.05, 0) is 36.4 Å². The molecule has 3 rings (SSSR count). The van der Waals surface area contributed by atoms with Crippen molar-refractivity contribution in [3.8, 4) is 5.75 Å². The lowest BCUT2D eigenvalue weighted by Gasteiger charge is -2.10. The number of halogens is 1. The summed E-state index contributed by atoms with van der Waals surface area (Å²) < 4.78 is 5.83. The van der Waals surface area contributed by atoms with Crippen molar-refractivity contribution in [2.24, 2.45) is 0 Å². The lowest BCUT2D eigenvalue weighted by Crippen LogP contribution is -2.22. The molecule has 4 nitrogen and oxygen atoms in total. The van der Waals surface area contributed by atoms with Gasteiger partial charge >= 0.3 is 0 Å². The summed E-state index contributed by atoms with van der Waals surface area (Å²) in [7, 11) is 0. The minimum atomic E-state index is -0.0425. The molecule has 0 bridgehead atoms. The molecule has 0 saturated heterocycles. The minimum absolute atomic E-state index is 0.0425. The Bertz CT molecular complexity index is 683. The molecule has 1 amide bonds. The maximum absolute atomic E-state index is 11.0. The third-order valence-corrected chi connectivity index (χ3v) is 3.61. The molecule has 0 spiro atoms. The number of pyridine rings is 1. The lowest BCUT2D eigenvalue weighted by molar-refractivity contribution is -0.118. The van der Waals surface area contributed by atoms with Crippen LogP contribution < -0.4 is 10.1 Å². The second kappa shape index (κ2) is 5.90. The van der Waals surface area contributed by atoms with Crippen molar-refractivity contribution in [3.63, 3.8) is 0 Å². The predicted octanol–water partition coefficient (Wildman–Crippen LogP) is 3.11. The molecule has 1 aliphatic rings. The second-order valence-electron chi connectivity index (χ2n) is 5.32. The van der Waals surface area contributed by atoms with Crippen LogP contribution >= 0.6 is 11.6 Å². The van der Waals surface area contributed by atoms with Crippen LogP contribution in [0.25, 0.3) is 10.8 Å². The third-order valence-electron chi connectivity index (χ3n) is 3.41. The fraction of sp³-hybridized carbons (Fsp3) is 0.375. The van der Waals surface area contributed by atoms with Crippen LogP contribution in [0.5, 0.6) is 5.75 Å². The highest BCUT2D eigenvalue weighted by Crippen LogP contribution is 2.30. The van der Waals surface area contributed by atoms with Crippen LogP contribution in [-0.2, 0) is 11.2 Å². The molecule has 110 valence electrons. The standard InChI is InChI=1S/C16H17ClN2O2/c1-10(20)18-7-6-15-14-9-13(21-12-4-5-12)3-2-11(14)8-16(17)19-15/h2-3,8-9,12H,4-7H2,1H3,(H,18,20). The highest BCUT2D eigenvalue weighted by molar-refractivity contribution is 6.30. The largest absolute Gasteiger partial charge is 0.490 e. The lowest BCUT2D eigenvalue weighted by atomic mass is 10.1. The third kappa shape index (κ3) is 3.64. The van der Waals surface area contributed by atoms with Gasteiger partial charge in [0, 0.05) is 25.3 Å². The van der Waals surface area contributed by atoms with Gasteiger partial charge in [-0.1, -0.05) is 17.7 Å². The number of fused-ring (bicyclic) bond motifs is 1. The van der Waals surface area contributed by atoms with Crippen molar-refractivity contribution >= 4 is 28.3 Å². The Morgan fingerprint density at radius 1 is 1.43 bits per heavy atom. The van der Waals surface area contributed by atoms with Gasteiger partial charge in [-0.2, -0.15) is 0 Å². The molecule has 0 aliphatic heterocycles. The van der Waals surface area contributed by atoms with Crippen molar-refractivity contribution in [3.05, 3.63) is 35.1 Å². The van der Waals surface area contributed by atoms with E-state index in [1.54, 1.807) is 0 Å². The first-order valence-corrected chi connectivity index (χ1v) is 7.50. The van der Waals surface area contributed by atoms with Crippen LogP contribution in [0, 0.1) is 0 Å². The van der Waals surface area contributed by atoms with Crippen LogP contribution in [0.3, 0.4) is 0 Å². The number of hydrogen-bond acceptors (Lipinski definition) is 3. The fourth-order valence-electron chi connectivity index (χ4n) is 2.26. The summed E-state index contributed by atoms with van der Waals surface area (Å²) in [5.41, 5.74) is 0.882. The Balaban J connectivity index is 1.89. The molecule has 0 unspecified atom stereocenters. The van der Waals surface area contributed by atoms with E-state index in [-0.39, 0.29) is 5.91 Å². The molecule has 1 N–H and O–H groups in total. The fourth-order valence-corrected chi connectivity index (χ4v) is 2.48. The molecule has 1 aromatic heterocycles. The number of amides is 1. The molecule has 0 atom stereocenters. The molecule has 1 aromatic carbocycles. The van der Waals surface area contributed by atoms with E-state index in [2.05, 4.69) is 10.3 Å². The summed E-state index contributed by atoms with van der Waals surface area (Å²) in [5, 5.41) is 5.32. The zero-order chi connectivity index (χ0) is 14.8. The van der Waals surface area contributed by atoms with Crippen LogP contribution in [0.2, 0.25) is 5.15 Å². The van der Waals surface area contributed by atoms with E-state index in [1.165, 1.54) is 6.92 Å². The van der Waals surface area contributed by atoms with Crippen LogP contribution in [0.15, 0.2) is 24.3 Å². The molecular formula is C16H17ClN2O2. The van der Waals surface area contributed by atoms with Crippen molar-refractivity contribution in [1.29, 1.82) is 0 Å². The summed E-state index contributed by atoms with van der Waals surface area (Å²) in [6, 6.07) is 7.83. The van der Waals surface area contributed by atoms with Gasteiger partial charge < -0.3 is 10.1 Å². The Labute approximate surface area is 128 Å².